The molecule has 3 N–H and O–H groups in total. The summed E-state index contributed by atoms with van der Waals surface area (Å²) in [6.07, 6.45) is 6.91. The van der Waals surface area contributed by atoms with Gasteiger partial charge in [0.1, 0.15) is 11.5 Å². The van der Waals surface area contributed by atoms with E-state index in [1.54, 1.807) is 0 Å². The number of allylic oxidation sites excluding steroid dienone is 2. The largest absolute Gasteiger partial charge is 0.507 e. The molecule has 1 heterocycles. The van der Waals surface area contributed by atoms with E-state index in [0.717, 1.165) is 81.7 Å². The number of morpholine rings is 1. The molecule has 0 radical (unpaired) electrons. The number of aromatic hydroxyl groups is 2. The van der Waals surface area contributed by atoms with E-state index in [1.807, 2.05) is 25.1 Å². The fourth-order valence-corrected chi connectivity index (χ4v) is 5.17. The molecule has 1 unspecified atom stereocenters. The van der Waals surface area contributed by atoms with E-state index in [2.05, 4.69) is 25.3 Å². The Kier molecular flexibility index (Phi) is 8.43. The molecule has 2 atom stereocenters. The predicted molar refractivity (Wildman–Crippen MR) is 129 cm³/mol. The average molecular weight is 444 g/mol. The van der Waals surface area contributed by atoms with Gasteiger partial charge in [0, 0.05) is 24.6 Å². The zero-order chi connectivity index (χ0) is 23.3. The first-order chi connectivity index (χ1) is 15.2. The van der Waals surface area contributed by atoms with Crippen LogP contribution in [0.2, 0.25) is 0 Å². The highest BCUT2D eigenvalue weighted by molar-refractivity contribution is 5.53. The number of phenols is 2. The molecule has 1 aromatic rings. The molecule has 1 aliphatic heterocycles. The third-order valence-corrected chi connectivity index (χ3v) is 7.34. The number of hydrogen-bond acceptors (Lipinski definition) is 5. The van der Waals surface area contributed by atoms with Crippen molar-refractivity contribution in [2.24, 2.45) is 5.92 Å². The van der Waals surface area contributed by atoms with E-state index in [1.165, 1.54) is 0 Å². The molecule has 1 fully saturated rings. The molecular weight excluding hydrogens is 402 g/mol. The molecule has 5 nitrogen and oxygen atoms in total. The number of phenolic OH excluding ortho intramolecular Hbond substituents is 2. The van der Waals surface area contributed by atoms with Crippen LogP contribution in [0.3, 0.4) is 0 Å². The number of nitrogens with zero attached hydrogens (tertiary/aromatic N) is 1. The Labute approximate surface area is 193 Å². The molecule has 5 heteroatoms. The SMILES string of the molecule is C=C(C)C1CCC(CO)=C[C@@H]1c1c(O)cc(C(C)(C)CCCCN2CCOCC2)cc1O. The summed E-state index contributed by atoms with van der Waals surface area (Å²) in [7, 11) is 0. The van der Waals surface area contributed by atoms with Gasteiger partial charge in [-0.3, -0.25) is 4.90 Å². The molecule has 178 valence electrons. The third-order valence-electron chi connectivity index (χ3n) is 7.34. The van der Waals surface area contributed by atoms with Gasteiger partial charge in [0.15, 0.2) is 0 Å². The summed E-state index contributed by atoms with van der Waals surface area (Å²) in [5.74, 6) is 0.233. The highest BCUT2D eigenvalue weighted by atomic mass is 16.5. The van der Waals surface area contributed by atoms with E-state index < -0.39 is 0 Å². The molecule has 2 aliphatic rings. The van der Waals surface area contributed by atoms with Crippen LogP contribution in [-0.2, 0) is 10.2 Å². The highest BCUT2D eigenvalue weighted by Gasteiger charge is 2.32. The number of ether oxygens (including phenoxy) is 1. The summed E-state index contributed by atoms with van der Waals surface area (Å²) in [4.78, 5) is 2.46. The second kappa shape index (κ2) is 10.9. The van der Waals surface area contributed by atoms with Gasteiger partial charge < -0.3 is 20.1 Å². The monoisotopic (exact) mass is 443 g/mol. The second-order valence-electron chi connectivity index (χ2n) is 10.2. The number of unbranched alkanes of at least 4 members (excludes halogenated alkanes) is 1. The highest BCUT2D eigenvalue weighted by Crippen LogP contribution is 2.47. The van der Waals surface area contributed by atoms with Crippen LogP contribution in [0.5, 0.6) is 11.5 Å². The first-order valence-electron chi connectivity index (χ1n) is 12.0. The smallest absolute Gasteiger partial charge is 0.123 e. The maximum atomic E-state index is 11.0. The molecule has 1 aliphatic carbocycles. The number of rotatable bonds is 9. The number of hydrogen-bond donors (Lipinski definition) is 3. The molecule has 32 heavy (non-hydrogen) atoms. The molecule has 3 rings (SSSR count). The lowest BCUT2D eigenvalue weighted by Crippen LogP contribution is -2.36. The van der Waals surface area contributed by atoms with Crippen molar-refractivity contribution >= 4 is 0 Å². The lowest BCUT2D eigenvalue weighted by molar-refractivity contribution is 0.0370. The van der Waals surface area contributed by atoms with Gasteiger partial charge in [0.2, 0.25) is 0 Å². The van der Waals surface area contributed by atoms with E-state index >= 15 is 0 Å². The van der Waals surface area contributed by atoms with Crippen LogP contribution in [0.4, 0.5) is 0 Å². The Balaban J connectivity index is 1.72. The van der Waals surface area contributed by atoms with Gasteiger partial charge >= 0.3 is 0 Å². The van der Waals surface area contributed by atoms with Crippen LogP contribution in [0.1, 0.15) is 69.9 Å². The summed E-state index contributed by atoms with van der Waals surface area (Å²) in [6, 6.07) is 3.65. The first-order valence-corrected chi connectivity index (χ1v) is 12.0. The zero-order valence-electron chi connectivity index (χ0n) is 20.1. The number of aliphatic hydroxyl groups is 1. The Morgan fingerprint density at radius 3 is 2.41 bits per heavy atom. The van der Waals surface area contributed by atoms with E-state index in [0.29, 0.717) is 5.56 Å². The van der Waals surface area contributed by atoms with Crippen molar-refractivity contribution in [3.63, 3.8) is 0 Å². The van der Waals surface area contributed by atoms with Crippen LogP contribution in [0.25, 0.3) is 0 Å². The standard InChI is InChI=1S/C27H41NO4/c1-19(2)22-8-7-20(18-29)15-23(22)26-24(30)16-21(17-25(26)31)27(3,4)9-5-6-10-28-11-13-32-14-12-28/h15-17,22-23,29-31H,1,5-14,18H2,2-4H3/t22?,23-/m0/s1. The van der Waals surface area contributed by atoms with Crippen molar-refractivity contribution in [2.75, 3.05) is 39.5 Å². The minimum Gasteiger partial charge on any atom is -0.507 e. The number of benzene rings is 1. The number of aliphatic hydroxyl groups excluding tert-OH is 1. The summed E-state index contributed by atoms with van der Waals surface area (Å²) >= 11 is 0. The van der Waals surface area contributed by atoms with Gasteiger partial charge in [0.05, 0.1) is 19.8 Å². The molecule has 1 saturated heterocycles. The summed E-state index contributed by atoms with van der Waals surface area (Å²) in [5, 5.41) is 31.6. The molecule has 0 aromatic heterocycles. The fraction of sp³-hybridized carbons (Fsp3) is 0.630. The van der Waals surface area contributed by atoms with Gasteiger partial charge in [-0.15, -0.1) is 0 Å². The van der Waals surface area contributed by atoms with Crippen LogP contribution in [0, 0.1) is 5.92 Å². The zero-order valence-corrected chi connectivity index (χ0v) is 20.1. The lowest BCUT2D eigenvalue weighted by Gasteiger charge is -2.33. The van der Waals surface area contributed by atoms with Crippen molar-refractivity contribution in [2.45, 2.75) is 64.2 Å². The lowest BCUT2D eigenvalue weighted by atomic mass is 9.72. The maximum Gasteiger partial charge on any atom is 0.123 e. The van der Waals surface area contributed by atoms with Crippen LogP contribution >= 0.6 is 0 Å². The quantitative estimate of drug-likeness (QED) is 0.375. The fourth-order valence-electron chi connectivity index (χ4n) is 5.17. The van der Waals surface area contributed by atoms with Crippen molar-refractivity contribution in [1.82, 2.24) is 4.90 Å². The van der Waals surface area contributed by atoms with Crippen molar-refractivity contribution in [1.29, 1.82) is 0 Å². The van der Waals surface area contributed by atoms with E-state index in [4.69, 9.17) is 4.74 Å². The summed E-state index contributed by atoms with van der Waals surface area (Å²) in [5.41, 5.74) is 3.35. The molecule has 0 amide bonds. The molecule has 0 spiro atoms. The second-order valence-corrected chi connectivity index (χ2v) is 10.2. The Hall–Kier alpha value is -1.82. The molecule has 0 bridgehead atoms. The van der Waals surface area contributed by atoms with Gasteiger partial charge in [-0.2, -0.15) is 0 Å². The van der Waals surface area contributed by atoms with Gasteiger partial charge in [-0.25, -0.2) is 0 Å². The molecule has 0 saturated carbocycles. The summed E-state index contributed by atoms with van der Waals surface area (Å²) < 4.78 is 5.42. The van der Waals surface area contributed by atoms with Crippen molar-refractivity contribution in [3.05, 3.63) is 47.1 Å². The first kappa shape index (κ1) is 24.8. The topological polar surface area (TPSA) is 73.2 Å². The Morgan fingerprint density at radius 1 is 1.16 bits per heavy atom. The van der Waals surface area contributed by atoms with E-state index in [9.17, 15) is 15.3 Å². The van der Waals surface area contributed by atoms with Crippen LogP contribution in [-0.4, -0.2) is 59.7 Å². The minimum absolute atomic E-state index is 0.0104. The third kappa shape index (κ3) is 5.94. The predicted octanol–water partition coefficient (Wildman–Crippen LogP) is 4.87. The maximum absolute atomic E-state index is 11.0. The van der Waals surface area contributed by atoms with Gasteiger partial charge in [-0.05, 0) is 73.8 Å². The van der Waals surface area contributed by atoms with Crippen molar-refractivity contribution in [3.8, 4) is 11.5 Å². The van der Waals surface area contributed by atoms with Crippen LogP contribution < -0.4 is 0 Å². The normalized spacial score (nSPS) is 22.6. The molecular formula is C27H41NO4. The minimum atomic E-state index is -0.172. The van der Waals surface area contributed by atoms with Gasteiger partial charge in [0.25, 0.3) is 0 Å². The molecule has 1 aromatic carbocycles. The average Bonchev–Trinajstić information content (AvgIpc) is 2.76. The Bertz CT molecular complexity index is 800. The van der Waals surface area contributed by atoms with Crippen molar-refractivity contribution < 1.29 is 20.1 Å². The van der Waals surface area contributed by atoms with Crippen LogP contribution in [0.15, 0.2) is 35.9 Å². The Morgan fingerprint density at radius 2 is 1.81 bits per heavy atom. The van der Waals surface area contributed by atoms with Gasteiger partial charge in [-0.1, -0.05) is 38.5 Å². The van der Waals surface area contributed by atoms with E-state index in [-0.39, 0.29) is 35.4 Å². The summed E-state index contributed by atoms with van der Waals surface area (Å²) in [6.45, 7) is 15.3.